The molecule has 3 heterocycles. The smallest absolute Gasteiger partial charge is 0.416 e. The average Bonchev–Trinajstić information content (AvgIpc) is 3.33. The van der Waals surface area contributed by atoms with Gasteiger partial charge in [0.05, 0.1) is 30.8 Å². The number of ether oxygens (including phenoxy) is 2. The number of carbonyl (C=O) groups excluding carboxylic acids is 2. The van der Waals surface area contributed by atoms with Gasteiger partial charge in [-0.3, -0.25) is 4.79 Å². The molecule has 1 fully saturated rings. The zero-order valence-corrected chi connectivity index (χ0v) is 19.9. The van der Waals surface area contributed by atoms with Gasteiger partial charge in [-0.25, -0.2) is 14.8 Å². The van der Waals surface area contributed by atoms with E-state index in [4.69, 9.17) is 9.47 Å². The predicted molar refractivity (Wildman–Crippen MR) is 119 cm³/mol. The number of amides is 2. The van der Waals surface area contributed by atoms with Crippen LogP contribution in [0.3, 0.4) is 0 Å². The van der Waals surface area contributed by atoms with Crippen LogP contribution in [0.25, 0.3) is 11.4 Å². The van der Waals surface area contributed by atoms with Crippen molar-refractivity contribution >= 4 is 12.0 Å². The maximum atomic E-state index is 13.3. The van der Waals surface area contributed by atoms with E-state index < -0.39 is 23.4 Å². The van der Waals surface area contributed by atoms with E-state index in [2.05, 4.69) is 9.97 Å². The molecular formula is C24H27F3N4O4. The molecule has 1 saturated heterocycles. The van der Waals surface area contributed by atoms with Crippen molar-refractivity contribution in [1.82, 2.24) is 19.8 Å². The molecule has 0 unspecified atom stereocenters. The van der Waals surface area contributed by atoms with Gasteiger partial charge in [0.1, 0.15) is 11.3 Å². The highest BCUT2D eigenvalue weighted by molar-refractivity contribution is 5.97. The second-order valence-corrected chi connectivity index (χ2v) is 9.71. The van der Waals surface area contributed by atoms with Crippen molar-refractivity contribution in [3.05, 3.63) is 47.3 Å². The molecule has 188 valence electrons. The number of benzene rings is 1. The van der Waals surface area contributed by atoms with Gasteiger partial charge < -0.3 is 19.3 Å². The Balaban J connectivity index is 1.55. The van der Waals surface area contributed by atoms with Crippen LogP contribution in [-0.2, 0) is 22.2 Å². The number of likely N-dealkylation sites (tertiary alicyclic amines) is 1. The largest absolute Gasteiger partial charge is 0.444 e. The minimum atomic E-state index is -4.50. The number of fused-ring (bicyclic) bond motifs is 1. The summed E-state index contributed by atoms with van der Waals surface area (Å²) < 4.78 is 50.1. The number of hydrogen-bond acceptors (Lipinski definition) is 6. The predicted octanol–water partition coefficient (Wildman–Crippen LogP) is 4.14. The Morgan fingerprint density at radius 2 is 1.97 bits per heavy atom. The van der Waals surface area contributed by atoms with E-state index in [1.807, 2.05) is 0 Å². The lowest BCUT2D eigenvalue weighted by Gasteiger charge is -2.28. The summed E-state index contributed by atoms with van der Waals surface area (Å²) in [6, 6.07) is 4.13. The first-order valence-electron chi connectivity index (χ1n) is 11.2. The Morgan fingerprint density at radius 3 is 2.63 bits per heavy atom. The van der Waals surface area contributed by atoms with Crippen LogP contribution < -0.4 is 0 Å². The van der Waals surface area contributed by atoms with Gasteiger partial charge in [0, 0.05) is 31.0 Å². The summed E-state index contributed by atoms with van der Waals surface area (Å²) >= 11 is 0. The zero-order chi connectivity index (χ0) is 25.5. The van der Waals surface area contributed by atoms with Gasteiger partial charge in [-0.1, -0.05) is 12.1 Å². The van der Waals surface area contributed by atoms with E-state index in [0.717, 1.165) is 12.1 Å². The molecule has 1 aromatic carbocycles. The van der Waals surface area contributed by atoms with Crippen molar-refractivity contribution in [3.63, 3.8) is 0 Å². The Labute approximate surface area is 201 Å². The maximum Gasteiger partial charge on any atom is 0.416 e. The molecule has 2 aliphatic heterocycles. The molecule has 1 aromatic heterocycles. The van der Waals surface area contributed by atoms with Crippen LogP contribution in [0, 0.1) is 0 Å². The van der Waals surface area contributed by atoms with Crippen molar-refractivity contribution < 1.29 is 32.2 Å². The number of nitrogens with zero attached hydrogens (tertiary/aromatic N) is 4. The summed E-state index contributed by atoms with van der Waals surface area (Å²) in [5, 5.41) is 0. The summed E-state index contributed by atoms with van der Waals surface area (Å²) in [7, 11) is 1.54. The molecule has 0 spiro atoms. The number of hydrogen-bond donors (Lipinski definition) is 0. The van der Waals surface area contributed by atoms with E-state index >= 15 is 0 Å². The maximum absolute atomic E-state index is 13.3. The Kier molecular flexibility index (Phi) is 6.48. The summed E-state index contributed by atoms with van der Waals surface area (Å²) in [4.78, 5) is 37.7. The van der Waals surface area contributed by atoms with Crippen LogP contribution in [0.5, 0.6) is 0 Å². The topological polar surface area (TPSA) is 84.9 Å². The van der Waals surface area contributed by atoms with Crippen LogP contribution in [0.4, 0.5) is 18.0 Å². The van der Waals surface area contributed by atoms with E-state index in [9.17, 15) is 22.8 Å². The van der Waals surface area contributed by atoms with E-state index in [1.165, 1.54) is 18.3 Å². The van der Waals surface area contributed by atoms with Gasteiger partial charge in [0.25, 0.3) is 5.91 Å². The van der Waals surface area contributed by atoms with Gasteiger partial charge in [0.2, 0.25) is 0 Å². The van der Waals surface area contributed by atoms with Crippen molar-refractivity contribution in [1.29, 1.82) is 0 Å². The van der Waals surface area contributed by atoms with Gasteiger partial charge in [-0.05, 0) is 39.3 Å². The molecule has 0 saturated carbocycles. The van der Waals surface area contributed by atoms with Crippen LogP contribution in [0.15, 0.2) is 30.5 Å². The third-order valence-corrected chi connectivity index (χ3v) is 5.94. The molecule has 2 amide bonds. The molecule has 0 aliphatic carbocycles. The second-order valence-electron chi connectivity index (χ2n) is 9.71. The number of aromatic nitrogens is 2. The van der Waals surface area contributed by atoms with E-state index in [0.29, 0.717) is 18.6 Å². The highest BCUT2D eigenvalue weighted by atomic mass is 19.4. The SMILES string of the molecule is COC[C@@H]1C[C@@H](N2Cc3cnc(-c4cccc(C(F)(F)F)c4)nc3C2=O)CN1C(=O)OC(C)(C)C. The van der Waals surface area contributed by atoms with Crippen LogP contribution in [0.1, 0.15) is 48.8 Å². The fourth-order valence-corrected chi connectivity index (χ4v) is 4.38. The number of methoxy groups -OCH3 is 1. The lowest BCUT2D eigenvalue weighted by Crippen LogP contribution is -2.43. The zero-order valence-electron chi connectivity index (χ0n) is 19.9. The van der Waals surface area contributed by atoms with Crippen LogP contribution in [-0.4, -0.2) is 69.7 Å². The molecular weight excluding hydrogens is 465 g/mol. The molecule has 2 aromatic rings. The molecule has 0 bridgehead atoms. The first-order valence-corrected chi connectivity index (χ1v) is 11.2. The van der Waals surface area contributed by atoms with Crippen LogP contribution >= 0.6 is 0 Å². The number of alkyl halides is 3. The van der Waals surface area contributed by atoms with Crippen molar-refractivity contribution in [2.45, 2.75) is 57.6 Å². The lowest BCUT2D eigenvalue weighted by molar-refractivity contribution is -0.137. The first-order chi connectivity index (χ1) is 16.4. The lowest BCUT2D eigenvalue weighted by atomic mass is 10.1. The fourth-order valence-electron chi connectivity index (χ4n) is 4.38. The monoisotopic (exact) mass is 492 g/mol. The third kappa shape index (κ3) is 5.24. The Morgan fingerprint density at radius 1 is 1.23 bits per heavy atom. The number of rotatable bonds is 4. The third-order valence-electron chi connectivity index (χ3n) is 5.94. The molecule has 2 atom stereocenters. The Bertz CT molecular complexity index is 1130. The van der Waals surface area contributed by atoms with Gasteiger partial charge in [-0.2, -0.15) is 13.2 Å². The van der Waals surface area contributed by atoms with E-state index in [-0.39, 0.29) is 48.2 Å². The molecule has 4 rings (SSSR count). The molecule has 8 nitrogen and oxygen atoms in total. The van der Waals surface area contributed by atoms with Crippen molar-refractivity contribution in [3.8, 4) is 11.4 Å². The van der Waals surface area contributed by atoms with Gasteiger partial charge in [0.15, 0.2) is 5.82 Å². The molecule has 35 heavy (non-hydrogen) atoms. The molecule has 11 heteroatoms. The summed E-state index contributed by atoms with van der Waals surface area (Å²) in [6.45, 7) is 6.17. The Hall–Kier alpha value is -3.21. The van der Waals surface area contributed by atoms with Gasteiger partial charge in [-0.15, -0.1) is 0 Å². The second kappa shape index (κ2) is 9.10. The van der Waals surface area contributed by atoms with Gasteiger partial charge >= 0.3 is 12.3 Å². The number of carbonyl (C=O) groups is 2. The summed E-state index contributed by atoms with van der Waals surface area (Å²) in [6.07, 6.45) is -3.00. The average molecular weight is 492 g/mol. The standard InChI is InChI=1S/C24H27F3N4O4/c1-23(2,3)35-22(33)31-12-17(9-18(31)13-34-4)30-11-15-10-28-20(29-19(15)21(30)32)14-6-5-7-16(8-14)24(25,26)27/h5-8,10,17-18H,9,11-13H2,1-4H3/t17-,18+/m1/s1. The first kappa shape index (κ1) is 24.9. The van der Waals surface area contributed by atoms with E-state index in [1.54, 1.807) is 37.7 Å². The van der Waals surface area contributed by atoms with Crippen molar-refractivity contribution in [2.24, 2.45) is 0 Å². The quantitative estimate of drug-likeness (QED) is 0.638. The molecule has 2 aliphatic rings. The molecule has 0 N–H and O–H groups in total. The number of halogens is 3. The highest BCUT2D eigenvalue weighted by Crippen LogP contribution is 2.33. The summed E-state index contributed by atoms with van der Waals surface area (Å²) in [5.74, 6) is -0.299. The van der Waals surface area contributed by atoms with Crippen LogP contribution in [0.2, 0.25) is 0 Å². The normalized spacial score (nSPS) is 20.4. The minimum Gasteiger partial charge on any atom is -0.444 e. The highest BCUT2D eigenvalue weighted by Gasteiger charge is 2.44. The summed E-state index contributed by atoms with van der Waals surface area (Å²) in [5.41, 5.74) is -0.561. The minimum absolute atomic E-state index is 0.0455. The molecule has 0 radical (unpaired) electrons. The fraction of sp³-hybridized carbons (Fsp3) is 0.500. The van der Waals surface area contributed by atoms with Crippen molar-refractivity contribution in [2.75, 3.05) is 20.3 Å².